The molecule has 31 heavy (non-hydrogen) atoms. The van der Waals surface area contributed by atoms with Gasteiger partial charge in [0.05, 0.1) is 10.8 Å². The minimum Gasteiger partial charge on any atom is -0.382 e. The van der Waals surface area contributed by atoms with Crippen molar-refractivity contribution >= 4 is 22.4 Å². The van der Waals surface area contributed by atoms with Crippen molar-refractivity contribution in [2.24, 2.45) is 0 Å². The fraction of sp³-hybridized carbons (Fsp3) is 0.440. The van der Waals surface area contributed by atoms with E-state index in [4.69, 9.17) is 0 Å². The highest BCUT2D eigenvalue weighted by Gasteiger charge is 2.35. The summed E-state index contributed by atoms with van der Waals surface area (Å²) in [5.74, 6) is -0.673. The first-order chi connectivity index (χ1) is 14.6. The lowest BCUT2D eigenvalue weighted by molar-refractivity contribution is 0.0277. The van der Waals surface area contributed by atoms with Crippen molar-refractivity contribution in [1.29, 1.82) is 0 Å². The molecule has 0 unspecified atom stereocenters. The molecule has 1 aliphatic heterocycles. The van der Waals surface area contributed by atoms with Gasteiger partial charge in [-0.15, -0.1) is 0 Å². The molecule has 0 aliphatic carbocycles. The van der Waals surface area contributed by atoms with Gasteiger partial charge in [0.1, 0.15) is 11.2 Å². The van der Waals surface area contributed by atoms with Crippen molar-refractivity contribution in [1.82, 2.24) is 0 Å². The first-order valence-electron chi connectivity index (χ1n) is 10.9. The minimum atomic E-state index is -1.43. The summed E-state index contributed by atoms with van der Waals surface area (Å²) < 4.78 is 13.1. The van der Waals surface area contributed by atoms with E-state index >= 15 is 0 Å². The second-order valence-electron chi connectivity index (χ2n) is 8.23. The average Bonchev–Trinajstić information content (AvgIpc) is 2.81. The smallest absolute Gasteiger partial charge is 0.194 e. The van der Waals surface area contributed by atoms with Crippen molar-refractivity contribution in [2.45, 2.75) is 80.8 Å². The lowest BCUT2D eigenvalue weighted by Gasteiger charge is -2.26. The van der Waals surface area contributed by atoms with E-state index in [-0.39, 0.29) is 11.6 Å². The van der Waals surface area contributed by atoms with Crippen molar-refractivity contribution in [3.63, 3.8) is 0 Å². The van der Waals surface area contributed by atoms with E-state index in [1.165, 1.54) is 0 Å². The summed E-state index contributed by atoms with van der Waals surface area (Å²) in [5, 5.41) is 21.2. The summed E-state index contributed by atoms with van der Waals surface area (Å²) in [7, 11) is -1.43. The van der Waals surface area contributed by atoms with E-state index in [0.717, 1.165) is 11.1 Å². The summed E-state index contributed by atoms with van der Waals surface area (Å²) in [4.78, 5) is 27.0. The standard InChI is InChI=1S/C25H30O5S/c1-5-24(28,6-2)22(26)16-9-11-20-18(13-16)15-19-14-17(10-12-21(19)31(20)30)23(27)25(29,7-3)8-4/h9-14,28-29H,5-8,15H2,1-4H3. The number of carbonyl (C=O) groups excluding carboxylic acids is 2. The third-order valence-corrected chi connectivity index (χ3v) is 8.21. The number of aliphatic hydroxyl groups is 2. The molecule has 0 saturated carbocycles. The number of hydrogen-bond donors (Lipinski definition) is 2. The second kappa shape index (κ2) is 8.77. The van der Waals surface area contributed by atoms with E-state index in [9.17, 15) is 24.0 Å². The number of benzene rings is 2. The van der Waals surface area contributed by atoms with Crippen LogP contribution in [0.3, 0.4) is 0 Å². The topological polar surface area (TPSA) is 91.7 Å². The fourth-order valence-corrected chi connectivity index (χ4v) is 5.44. The summed E-state index contributed by atoms with van der Waals surface area (Å²) in [6, 6.07) is 10.1. The monoisotopic (exact) mass is 442 g/mol. The van der Waals surface area contributed by atoms with Crippen LogP contribution in [0.4, 0.5) is 0 Å². The normalized spacial score (nSPS) is 14.1. The Kier molecular flexibility index (Phi) is 6.65. The Morgan fingerprint density at radius 3 is 1.45 bits per heavy atom. The maximum atomic E-state index is 13.1. The van der Waals surface area contributed by atoms with Crippen LogP contribution in [0.2, 0.25) is 0 Å². The molecule has 2 N–H and O–H groups in total. The minimum absolute atomic E-state index is 0.317. The van der Waals surface area contributed by atoms with Gasteiger partial charge in [0.25, 0.3) is 0 Å². The fourth-order valence-electron chi connectivity index (χ4n) is 4.08. The molecule has 0 saturated heterocycles. The highest BCUT2D eigenvalue weighted by Crippen LogP contribution is 2.34. The molecule has 2 aromatic rings. The number of carbonyl (C=O) groups is 2. The molecule has 6 heteroatoms. The van der Waals surface area contributed by atoms with Crippen LogP contribution in [0, 0.1) is 0 Å². The molecule has 166 valence electrons. The molecule has 0 amide bonds. The average molecular weight is 443 g/mol. The van der Waals surface area contributed by atoms with Crippen molar-refractivity contribution < 1.29 is 24.0 Å². The van der Waals surface area contributed by atoms with Crippen LogP contribution in [-0.4, -0.2) is 37.2 Å². The van der Waals surface area contributed by atoms with Crippen LogP contribution < -0.4 is 0 Å². The molecule has 1 heterocycles. The molecule has 0 atom stereocenters. The van der Waals surface area contributed by atoms with E-state index in [2.05, 4.69) is 0 Å². The highest BCUT2D eigenvalue weighted by molar-refractivity contribution is 7.85. The Labute approximate surface area is 186 Å². The van der Waals surface area contributed by atoms with Crippen molar-refractivity contribution in [3.05, 3.63) is 58.7 Å². The third-order valence-electron chi connectivity index (χ3n) is 6.61. The molecule has 1 aliphatic rings. The van der Waals surface area contributed by atoms with E-state index in [1.807, 2.05) is 0 Å². The summed E-state index contributed by atoms with van der Waals surface area (Å²) in [5.41, 5.74) is -0.545. The summed E-state index contributed by atoms with van der Waals surface area (Å²) in [6.07, 6.45) is 1.69. The van der Waals surface area contributed by atoms with Crippen LogP contribution in [0.1, 0.15) is 85.2 Å². The molecule has 2 aromatic carbocycles. The van der Waals surface area contributed by atoms with Crippen LogP contribution in [0.15, 0.2) is 46.2 Å². The van der Waals surface area contributed by atoms with Gasteiger partial charge in [0.2, 0.25) is 0 Å². The van der Waals surface area contributed by atoms with Gasteiger partial charge in [0.15, 0.2) is 11.6 Å². The molecule has 0 aromatic heterocycles. The Morgan fingerprint density at radius 1 is 0.774 bits per heavy atom. The third kappa shape index (κ3) is 4.04. The van der Waals surface area contributed by atoms with Crippen LogP contribution in [0.25, 0.3) is 0 Å². The molecule has 0 spiro atoms. The van der Waals surface area contributed by atoms with Crippen molar-refractivity contribution in [3.8, 4) is 0 Å². The van der Waals surface area contributed by atoms with E-state index in [1.54, 1.807) is 64.1 Å². The molecule has 0 fully saturated rings. The Hall–Kier alpha value is -2.15. The van der Waals surface area contributed by atoms with Crippen LogP contribution in [0.5, 0.6) is 0 Å². The van der Waals surface area contributed by atoms with Gasteiger partial charge in [-0.05, 0) is 67.5 Å². The van der Waals surface area contributed by atoms with Gasteiger partial charge in [-0.1, -0.05) is 39.8 Å². The zero-order chi connectivity index (χ0) is 23.0. The predicted molar refractivity (Wildman–Crippen MR) is 120 cm³/mol. The molecular weight excluding hydrogens is 412 g/mol. The quantitative estimate of drug-likeness (QED) is 0.510. The molecule has 0 bridgehead atoms. The summed E-state index contributed by atoms with van der Waals surface area (Å²) in [6.45, 7) is 7.10. The first kappa shape index (κ1) is 23.5. The van der Waals surface area contributed by atoms with Gasteiger partial charge in [0, 0.05) is 20.9 Å². The number of fused-ring (bicyclic) bond motifs is 2. The van der Waals surface area contributed by atoms with Gasteiger partial charge in [-0.25, -0.2) is 4.21 Å². The zero-order valence-corrected chi connectivity index (χ0v) is 19.3. The second-order valence-corrected chi connectivity index (χ2v) is 9.64. The van der Waals surface area contributed by atoms with Gasteiger partial charge in [-0.2, -0.15) is 0 Å². The number of rotatable bonds is 8. The van der Waals surface area contributed by atoms with Crippen LogP contribution >= 0.6 is 0 Å². The SMILES string of the molecule is CCC(O)(CC)C(=O)c1ccc2c(c1)Cc1cc(C(=O)C(O)(CC)CC)ccc1S2=O. The lowest BCUT2D eigenvalue weighted by atomic mass is 9.86. The van der Waals surface area contributed by atoms with Crippen molar-refractivity contribution in [2.75, 3.05) is 0 Å². The Bertz CT molecular complexity index is 966. The number of hydrogen-bond acceptors (Lipinski definition) is 5. The predicted octanol–water partition coefficient (Wildman–Crippen LogP) is 4.23. The largest absolute Gasteiger partial charge is 0.382 e. The summed E-state index contributed by atoms with van der Waals surface area (Å²) >= 11 is 0. The maximum absolute atomic E-state index is 13.1. The maximum Gasteiger partial charge on any atom is 0.194 e. The van der Waals surface area contributed by atoms with Gasteiger partial charge < -0.3 is 10.2 Å². The number of ketones is 2. The van der Waals surface area contributed by atoms with Crippen LogP contribution in [-0.2, 0) is 17.2 Å². The Morgan fingerprint density at radius 2 is 1.13 bits per heavy atom. The molecule has 5 nitrogen and oxygen atoms in total. The highest BCUT2D eigenvalue weighted by atomic mass is 32.2. The first-order valence-corrected chi connectivity index (χ1v) is 12.0. The molecule has 3 rings (SSSR count). The molecule has 0 radical (unpaired) electrons. The van der Waals surface area contributed by atoms with Gasteiger partial charge >= 0.3 is 0 Å². The van der Waals surface area contributed by atoms with E-state index < -0.39 is 22.0 Å². The van der Waals surface area contributed by atoms with Gasteiger partial charge in [-0.3, -0.25) is 9.59 Å². The molecular formula is C25H30O5S. The van der Waals surface area contributed by atoms with E-state index in [0.29, 0.717) is 53.0 Å². The lowest BCUT2D eigenvalue weighted by Crippen LogP contribution is -2.37. The zero-order valence-electron chi connectivity index (χ0n) is 18.5. The number of Topliss-reactive ketones (excluding diaryl/α,β-unsaturated/α-hetero) is 2. The Balaban J connectivity index is 2.00.